The summed E-state index contributed by atoms with van der Waals surface area (Å²) >= 11 is 6.90. The average Bonchev–Trinajstić information content (AvgIpc) is 2.87. The Morgan fingerprint density at radius 3 is 2.72 bits per heavy atom. The Balaban J connectivity index is 2.26. The van der Waals surface area contributed by atoms with Crippen LogP contribution in [0.3, 0.4) is 0 Å². The lowest BCUT2D eigenvalue weighted by molar-refractivity contribution is 0.603. The van der Waals surface area contributed by atoms with Gasteiger partial charge in [-0.15, -0.1) is 11.3 Å². The van der Waals surface area contributed by atoms with Crippen molar-refractivity contribution >= 4 is 38.8 Å². The third-order valence-corrected chi connectivity index (χ3v) is 5.73. The molecule has 2 aromatic rings. The van der Waals surface area contributed by atoms with E-state index in [0.717, 1.165) is 29.0 Å². The number of hydrogen-bond acceptors (Lipinski definition) is 4. The molecule has 18 heavy (non-hydrogen) atoms. The molecule has 2 rings (SSSR count). The van der Waals surface area contributed by atoms with Crippen molar-refractivity contribution in [3.63, 3.8) is 0 Å². The lowest BCUT2D eigenvalue weighted by Crippen LogP contribution is -2.11. The Labute approximate surface area is 114 Å². The van der Waals surface area contributed by atoms with Crippen LogP contribution in [-0.4, -0.2) is 18.6 Å². The summed E-state index contributed by atoms with van der Waals surface area (Å²) < 4.78 is 27.2. The fraction of sp³-hybridized carbons (Fsp3) is 0.300. The molecule has 2 aromatic heterocycles. The van der Waals surface area contributed by atoms with Crippen molar-refractivity contribution < 1.29 is 8.42 Å². The molecule has 0 radical (unpaired) electrons. The molecule has 0 aliphatic heterocycles. The number of halogens is 1. The summed E-state index contributed by atoms with van der Waals surface area (Å²) in [7, 11) is -3.61. The first kappa shape index (κ1) is 13.4. The minimum absolute atomic E-state index is 0.186. The fourth-order valence-corrected chi connectivity index (χ4v) is 4.05. The summed E-state index contributed by atoms with van der Waals surface area (Å²) in [5.74, 6) is 0.286. The van der Waals surface area contributed by atoms with Crippen molar-refractivity contribution in [3.05, 3.63) is 27.7 Å². The number of aryl methyl sites for hydroxylation is 2. The van der Waals surface area contributed by atoms with Gasteiger partial charge in [0.25, 0.3) is 10.0 Å². The van der Waals surface area contributed by atoms with Crippen molar-refractivity contribution in [2.45, 2.75) is 24.5 Å². The number of anilines is 1. The predicted octanol–water partition coefficient (Wildman–Crippen LogP) is 2.80. The van der Waals surface area contributed by atoms with Gasteiger partial charge in [0.15, 0.2) is 5.82 Å². The van der Waals surface area contributed by atoms with E-state index in [1.165, 1.54) is 0 Å². The van der Waals surface area contributed by atoms with E-state index in [1.807, 2.05) is 6.92 Å². The molecular formula is C10H12ClN3O2S2. The fourth-order valence-electron chi connectivity index (χ4n) is 1.35. The molecule has 0 atom stereocenters. The maximum Gasteiger partial charge on any atom is 0.272 e. The number of sulfonamides is 1. The smallest absolute Gasteiger partial charge is 0.272 e. The van der Waals surface area contributed by atoms with Gasteiger partial charge >= 0.3 is 0 Å². The van der Waals surface area contributed by atoms with E-state index in [0.29, 0.717) is 4.34 Å². The number of nitrogens with one attached hydrogen (secondary N) is 2. The van der Waals surface area contributed by atoms with E-state index in [2.05, 4.69) is 14.9 Å². The Kier molecular flexibility index (Phi) is 3.65. The number of H-pyrrole nitrogens is 1. The molecule has 0 aromatic carbocycles. The highest BCUT2D eigenvalue weighted by atomic mass is 35.5. The molecule has 98 valence electrons. The monoisotopic (exact) mass is 305 g/mol. The van der Waals surface area contributed by atoms with Gasteiger partial charge < -0.3 is 0 Å². The SMILES string of the molecule is CCc1cc(NS(=O)(=O)c2cc(C)c(Cl)s2)n[nH]1. The highest BCUT2D eigenvalue weighted by molar-refractivity contribution is 7.94. The first-order valence-electron chi connectivity index (χ1n) is 5.25. The Morgan fingerprint density at radius 2 is 2.22 bits per heavy atom. The molecule has 0 aliphatic rings. The van der Waals surface area contributed by atoms with Crippen molar-refractivity contribution in [2.75, 3.05) is 4.72 Å². The number of aromatic nitrogens is 2. The Hall–Kier alpha value is -1.05. The molecule has 0 unspecified atom stereocenters. The van der Waals surface area contributed by atoms with Crippen molar-refractivity contribution in [2.24, 2.45) is 0 Å². The van der Waals surface area contributed by atoms with Crippen LogP contribution in [0.2, 0.25) is 4.34 Å². The number of rotatable bonds is 4. The highest BCUT2D eigenvalue weighted by Crippen LogP contribution is 2.30. The number of hydrogen-bond donors (Lipinski definition) is 2. The summed E-state index contributed by atoms with van der Waals surface area (Å²) in [5, 5.41) is 6.63. The second kappa shape index (κ2) is 4.91. The molecule has 0 saturated carbocycles. The summed E-state index contributed by atoms with van der Waals surface area (Å²) in [4.78, 5) is 0. The van der Waals surface area contributed by atoms with Crippen LogP contribution in [0.1, 0.15) is 18.2 Å². The van der Waals surface area contributed by atoms with Gasteiger partial charge in [0.05, 0.1) is 4.34 Å². The molecule has 0 spiro atoms. The van der Waals surface area contributed by atoms with Crippen LogP contribution in [0, 0.1) is 6.92 Å². The van der Waals surface area contributed by atoms with Gasteiger partial charge in [0, 0.05) is 11.8 Å². The van der Waals surface area contributed by atoms with Crippen LogP contribution in [-0.2, 0) is 16.4 Å². The van der Waals surface area contributed by atoms with E-state index in [4.69, 9.17) is 11.6 Å². The first-order valence-corrected chi connectivity index (χ1v) is 7.93. The first-order chi connectivity index (χ1) is 8.42. The van der Waals surface area contributed by atoms with Crippen LogP contribution in [0.25, 0.3) is 0 Å². The normalized spacial score (nSPS) is 11.7. The predicted molar refractivity (Wildman–Crippen MR) is 72.8 cm³/mol. The van der Waals surface area contributed by atoms with Gasteiger partial charge in [0.1, 0.15) is 4.21 Å². The molecule has 0 aliphatic carbocycles. The summed E-state index contributed by atoms with van der Waals surface area (Å²) in [6.45, 7) is 3.72. The van der Waals surface area contributed by atoms with E-state index < -0.39 is 10.0 Å². The Bertz CT molecular complexity index is 641. The van der Waals surface area contributed by atoms with Crippen molar-refractivity contribution in [1.82, 2.24) is 10.2 Å². The van der Waals surface area contributed by atoms with E-state index in [-0.39, 0.29) is 10.0 Å². The molecule has 0 bridgehead atoms. The lowest BCUT2D eigenvalue weighted by atomic mass is 10.3. The van der Waals surface area contributed by atoms with Crippen LogP contribution in [0.4, 0.5) is 5.82 Å². The molecule has 2 N–H and O–H groups in total. The summed E-state index contributed by atoms with van der Waals surface area (Å²) in [5.41, 5.74) is 1.62. The topological polar surface area (TPSA) is 74.8 Å². The standard InChI is InChI=1S/C10H12ClN3O2S2/c1-3-7-5-8(13-12-7)14-18(15,16)9-4-6(2)10(11)17-9/h4-5H,3H2,1-2H3,(H2,12,13,14). The molecule has 0 saturated heterocycles. The van der Waals surface area contributed by atoms with Crippen LogP contribution >= 0.6 is 22.9 Å². The van der Waals surface area contributed by atoms with E-state index in [9.17, 15) is 8.42 Å². The van der Waals surface area contributed by atoms with Crippen LogP contribution in [0.15, 0.2) is 16.3 Å². The minimum Gasteiger partial charge on any atom is -0.280 e. The van der Waals surface area contributed by atoms with E-state index in [1.54, 1.807) is 19.1 Å². The molecule has 5 nitrogen and oxygen atoms in total. The third-order valence-electron chi connectivity index (χ3n) is 2.35. The quantitative estimate of drug-likeness (QED) is 0.912. The van der Waals surface area contributed by atoms with E-state index >= 15 is 0 Å². The van der Waals surface area contributed by atoms with Crippen LogP contribution in [0.5, 0.6) is 0 Å². The third kappa shape index (κ3) is 2.68. The van der Waals surface area contributed by atoms with Gasteiger partial charge in [-0.3, -0.25) is 9.82 Å². The summed E-state index contributed by atoms with van der Waals surface area (Å²) in [6, 6.07) is 3.21. The molecular weight excluding hydrogens is 294 g/mol. The van der Waals surface area contributed by atoms with Crippen LogP contribution < -0.4 is 4.72 Å². The minimum atomic E-state index is -3.61. The number of aromatic amines is 1. The molecule has 0 fully saturated rings. The second-order valence-corrected chi connectivity index (χ2v) is 7.32. The maximum absolute atomic E-state index is 12.1. The summed E-state index contributed by atoms with van der Waals surface area (Å²) in [6.07, 6.45) is 0.763. The second-order valence-electron chi connectivity index (χ2n) is 3.76. The zero-order chi connectivity index (χ0) is 13.3. The van der Waals surface area contributed by atoms with Crippen molar-refractivity contribution in [1.29, 1.82) is 0 Å². The molecule has 8 heteroatoms. The number of thiophene rings is 1. The Morgan fingerprint density at radius 1 is 1.50 bits per heavy atom. The van der Waals surface area contributed by atoms with Gasteiger partial charge in [-0.05, 0) is 25.0 Å². The van der Waals surface area contributed by atoms with Gasteiger partial charge in [-0.1, -0.05) is 18.5 Å². The molecule has 0 amide bonds. The van der Waals surface area contributed by atoms with Gasteiger partial charge in [-0.25, -0.2) is 8.42 Å². The largest absolute Gasteiger partial charge is 0.280 e. The zero-order valence-electron chi connectivity index (χ0n) is 9.82. The van der Waals surface area contributed by atoms with Crippen molar-refractivity contribution in [3.8, 4) is 0 Å². The molecule has 2 heterocycles. The zero-order valence-corrected chi connectivity index (χ0v) is 12.2. The maximum atomic E-state index is 12.1. The number of nitrogens with zero attached hydrogens (tertiary/aromatic N) is 1. The van der Waals surface area contributed by atoms with Gasteiger partial charge in [-0.2, -0.15) is 5.10 Å². The average molecular weight is 306 g/mol. The lowest BCUT2D eigenvalue weighted by Gasteiger charge is -2.01. The highest BCUT2D eigenvalue weighted by Gasteiger charge is 2.19. The van der Waals surface area contributed by atoms with Gasteiger partial charge in [0.2, 0.25) is 0 Å².